The maximum Gasteiger partial charge on any atom is 0.335 e. The lowest BCUT2D eigenvalue weighted by atomic mass is 9.58. The quantitative estimate of drug-likeness (QED) is 0.201. The first-order valence-electron chi connectivity index (χ1n) is 11.1. The summed E-state index contributed by atoms with van der Waals surface area (Å²) in [7, 11) is 1.40. The molecule has 1 saturated carbocycles. The van der Waals surface area contributed by atoms with Crippen LogP contribution in [0, 0.1) is 5.41 Å². The molecule has 1 atom stereocenters. The molecule has 7 nitrogen and oxygen atoms in total. The lowest BCUT2D eigenvalue weighted by molar-refractivity contribution is -0.275. The molecule has 1 spiro atoms. The number of nitrogens with zero attached hydrogens (tertiary/aromatic N) is 1. The fourth-order valence-electron chi connectivity index (χ4n) is 5.37. The summed E-state index contributed by atoms with van der Waals surface area (Å²) in [6.07, 6.45) is 3.28. The molecule has 0 radical (unpaired) electrons. The summed E-state index contributed by atoms with van der Waals surface area (Å²) in [6, 6.07) is 3.41. The largest absolute Gasteiger partial charge is 0.501 e. The molecule has 1 aliphatic heterocycles. The summed E-state index contributed by atoms with van der Waals surface area (Å²) in [6.45, 7) is 7.37. The molecular formula is C25H32F2N2O5. The number of ether oxygens (including phenoxy) is 1. The molecule has 0 bridgehead atoms. The van der Waals surface area contributed by atoms with Crippen molar-refractivity contribution in [2.45, 2.75) is 57.4 Å². The maximum absolute atomic E-state index is 13.9. The molecule has 0 aromatic heterocycles. The third kappa shape index (κ3) is 4.73. The first-order valence-corrected chi connectivity index (χ1v) is 11.1. The average molecular weight is 479 g/mol. The van der Waals surface area contributed by atoms with Gasteiger partial charge in [-0.25, -0.2) is 18.5 Å². The SMILES string of the molecule is C=C(/C=C\C)/C(=C(\C)OC)C(O)(O)N1CCC2(CC1c1ccc(C(=O)O)cc1N)CC(F)(F)C2. The first-order chi connectivity index (χ1) is 15.8. The number of aliphatic hydroxyl groups is 2. The van der Waals surface area contributed by atoms with E-state index in [0.717, 1.165) is 0 Å². The van der Waals surface area contributed by atoms with Crippen LogP contribution in [0.4, 0.5) is 14.5 Å². The van der Waals surface area contributed by atoms with Crippen LogP contribution in [0.3, 0.4) is 0 Å². The molecular weight excluding hydrogens is 446 g/mol. The molecule has 186 valence electrons. The van der Waals surface area contributed by atoms with E-state index in [1.165, 1.54) is 30.2 Å². The van der Waals surface area contributed by atoms with Crippen molar-refractivity contribution in [3.05, 3.63) is 65.0 Å². The van der Waals surface area contributed by atoms with Crippen LogP contribution in [0.1, 0.15) is 61.5 Å². The van der Waals surface area contributed by atoms with Crippen molar-refractivity contribution >= 4 is 11.7 Å². The van der Waals surface area contributed by atoms with Gasteiger partial charge in [0.05, 0.1) is 18.2 Å². The predicted molar refractivity (Wildman–Crippen MR) is 124 cm³/mol. The number of likely N-dealkylation sites (tertiary alicyclic amines) is 1. The molecule has 3 rings (SSSR count). The van der Waals surface area contributed by atoms with Gasteiger partial charge in [0.25, 0.3) is 5.91 Å². The smallest absolute Gasteiger partial charge is 0.335 e. The van der Waals surface area contributed by atoms with E-state index in [4.69, 9.17) is 10.5 Å². The van der Waals surface area contributed by atoms with E-state index in [1.54, 1.807) is 26.0 Å². The number of carbonyl (C=O) groups is 1. The van der Waals surface area contributed by atoms with Crippen molar-refractivity contribution in [1.29, 1.82) is 0 Å². The monoisotopic (exact) mass is 478 g/mol. The summed E-state index contributed by atoms with van der Waals surface area (Å²) in [4.78, 5) is 12.8. The van der Waals surface area contributed by atoms with Crippen LogP contribution in [-0.2, 0) is 4.74 Å². The topological polar surface area (TPSA) is 116 Å². The highest BCUT2D eigenvalue weighted by molar-refractivity contribution is 5.89. The van der Waals surface area contributed by atoms with Crippen molar-refractivity contribution in [3.8, 4) is 0 Å². The Balaban J connectivity index is 2.10. The molecule has 9 heteroatoms. The summed E-state index contributed by atoms with van der Waals surface area (Å²) >= 11 is 0. The number of methoxy groups -OCH3 is 1. The molecule has 1 aliphatic carbocycles. The molecule has 0 amide bonds. The Hall–Kier alpha value is -2.75. The maximum atomic E-state index is 13.9. The van der Waals surface area contributed by atoms with Gasteiger partial charge in [0, 0.05) is 31.1 Å². The van der Waals surface area contributed by atoms with Crippen LogP contribution >= 0.6 is 0 Å². The van der Waals surface area contributed by atoms with Crippen molar-refractivity contribution in [1.82, 2.24) is 4.90 Å². The van der Waals surface area contributed by atoms with Crippen LogP contribution in [-0.4, -0.2) is 51.7 Å². The molecule has 1 saturated heterocycles. The standard InChI is InChI=1S/C25H32F2N2O5/c1-5-6-15(2)21(16(3)34-4)25(32,33)29-10-9-23(13-24(26,27)14-23)12-20(29)18-8-7-17(22(30)31)11-19(18)28/h5-8,11,20,32-33H,2,9-10,12-14,28H2,1,3-4H3,(H,30,31)/b6-5-,21-16-. The Bertz CT molecular complexity index is 1040. The zero-order chi connectivity index (χ0) is 25.5. The van der Waals surface area contributed by atoms with E-state index in [-0.39, 0.29) is 48.4 Å². The number of rotatable bonds is 7. The Morgan fingerprint density at radius 1 is 1.35 bits per heavy atom. The van der Waals surface area contributed by atoms with Crippen LogP contribution in [0.2, 0.25) is 0 Å². The van der Waals surface area contributed by atoms with Gasteiger partial charge in [-0.05, 0) is 55.4 Å². The second-order valence-corrected chi connectivity index (χ2v) is 9.32. The third-order valence-electron chi connectivity index (χ3n) is 6.93. The van der Waals surface area contributed by atoms with E-state index >= 15 is 0 Å². The van der Waals surface area contributed by atoms with Gasteiger partial charge in [-0.1, -0.05) is 24.8 Å². The van der Waals surface area contributed by atoms with Gasteiger partial charge in [-0.15, -0.1) is 0 Å². The second-order valence-electron chi connectivity index (χ2n) is 9.32. The van der Waals surface area contributed by atoms with Gasteiger partial charge in [-0.3, -0.25) is 0 Å². The highest BCUT2D eigenvalue weighted by Gasteiger charge is 2.60. The number of halogens is 2. The first kappa shape index (κ1) is 25.9. The highest BCUT2D eigenvalue weighted by Crippen LogP contribution is 2.61. The zero-order valence-electron chi connectivity index (χ0n) is 19.6. The van der Waals surface area contributed by atoms with Gasteiger partial charge in [-0.2, -0.15) is 0 Å². The normalized spacial score (nSPS) is 22.9. The third-order valence-corrected chi connectivity index (χ3v) is 6.93. The second kappa shape index (κ2) is 9.13. The van der Waals surface area contributed by atoms with E-state index < -0.39 is 29.3 Å². The summed E-state index contributed by atoms with van der Waals surface area (Å²) in [5.74, 6) is -6.24. The number of hydrogen-bond donors (Lipinski definition) is 4. The van der Waals surface area contributed by atoms with Gasteiger partial charge >= 0.3 is 5.97 Å². The highest BCUT2D eigenvalue weighted by atomic mass is 19.3. The molecule has 1 heterocycles. The van der Waals surface area contributed by atoms with Crippen LogP contribution in [0.5, 0.6) is 0 Å². The van der Waals surface area contributed by atoms with Gasteiger partial charge in [0.15, 0.2) is 0 Å². The Morgan fingerprint density at radius 2 is 2.00 bits per heavy atom. The van der Waals surface area contributed by atoms with E-state index in [9.17, 15) is 28.9 Å². The molecule has 1 unspecified atom stereocenters. The number of nitrogen functional groups attached to an aromatic ring is 1. The predicted octanol–water partition coefficient (Wildman–Crippen LogP) is 4.21. The summed E-state index contributed by atoms with van der Waals surface area (Å²) in [5, 5.41) is 32.3. The van der Waals surface area contributed by atoms with Gasteiger partial charge in [0.2, 0.25) is 5.92 Å². The molecule has 1 aromatic rings. The fourth-order valence-corrected chi connectivity index (χ4v) is 5.37. The van der Waals surface area contributed by atoms with Gasteiger partial charge in [0.1, 0.15) is 5.76 Å². The van der Waals surface area contributed by atoms with Crippen LogP contribution in [0.15, 0.2) is 53.8 Å². The Morgan fingerprint density at radius 3 is 2.50 bits per heavy atom. The van der Waals surface area contributed by atoms with Gasteiger partial charge < -0.3 is 25.8 Å². The molecule has 2 aliphatic rings. The van der Waals surface area contributed by atoms with Crippen molar-refractivity contribution in [2.75, 3.05) is 19.4 Å². The summed E-state index contributed by atoms with van der Waals surface area (Å²) < 4.78 is 33.1. The number of allylic oxidation sites excluding steroid dienone is 3. The van der Waals surface area contributed by atoms with E-state index in [1.807, 2.05) is 0 Å². The van der Waals surface area contributed by atoms with E-state index in [2.05, 4.69) is 6.58 Å². The minimum atomic E-state index is -2.75. The minimum absolute atomic E-state index is 0.0231. The van der Waals surface area contributed by atoms with Crippen LogP contribution < -0.4 is 5.73 Å². The van der Waals surface area contributed by atoms with Crippen molar-refractivity contribution < 1.29 is 33.6 Å². The van der Waals surface area contributed by atoms with E-state index in [0.29, 0.717) is 17.6 Å². The van der Waals surface area contributed by atoms with Crippen molar-refractivity contribution in [2.24, 2.45) is 5.41 Å². The van der Waals surface area contributed by atoms with Crippen LogP contribution in [0.25, 0.3) is 0 Å². The minimum Gasteiger partial charge on any atom is -0.501 e. The van der Waals surface area contributed by atoms with Crippen molar-refractivity contribution in [3.63, 3.8) is 0 Å². The molecule has 2 fully saturated rings. The number of aromatic carboxylic acids is 1. The number of nitrogens with two attached hydrogens (primary N) is 1. The Kier molecular flexibility index (Phi) is 6.94. The molecule has 34 heavy (non-hydrogen) atoms. The molecule has 1 aromatic carbocycles. The fraction of sp³-hybridized carbons (Fsp3) is 0.480. The summed E-state index contributed by atoms with van der Waals surface area (Å²) in [5.41, 5.74) is 6.44. The number of piperidine rings is 1. The number of alkyl halides is 2. The average Bonchev–Trinajstić information content (AvgIpc) is 2.71. The molecule has 5 N–H and O–H groups in total. The zero-order valence-corrected chi connectivity index (χ0v) is 19.6. The number of carboxylic acids is 1. The number of benzene rings is 1. The number of carboxylic acid groups (broad SMARTS) is 1. The lowest BCUT2D eigenvalue weighted by Gasteiger charge is -2.56. The Labute approximate surface area is 197 Å². The number of hydrogen-bond acceptors (Lipinski definition) is 6. The number of anilines is 1. The lowest BCUT2D eigenvalue weighted by Crippen LogP contribution is -2.60.